The van der Waals surface area contributed by atoms with Crippen molar-refractivity contribution in [2.75, 3.05) is 26.2 Å². The number of benzene rings is 1. The molecule has 2 aliphatic heterocycles. The van der Waals surface area contributed by atoms with Crippen molar-refractivity contribution in [2.45, 2.75) is 45.8 Å². The van der Waals surface area contributed by atoms with Crippen molar-refractivity contribution in [3.8, 4) is 0 Å². The standard InChI is InChI=1S/C22H27FN2O5/c1-21(2,3)30-20(28)24-10-14(12-29-22(4,5)13-24)17(23)11-25-18(26)15-8-6-7-9-16(15)19(25)27/h6-9H,10-13H2,1-5H3/b17-14-. The van der Waals surface area contributed by atoms with Gasteiger partial charge in [0.15, 0.2) is 0 Å². The van der Waals surface area contributed by atoms with Gasteiger partial charge in [0.1, 0.15) is 11.4 Å². The van der Waals surface area contributed by atoms with Gasteiger partial charge in [-0.15, -0.1) is 0 Å². The van der Waals surface area contributed by atoms with Crippen molar-refractivity contribution in [3.05, 3.63) is 46.8 Å². The van der Waals surface area contributed by atoms with Gasteiger partial charge in [-0.05, 0) is 46.8 Å². The number of hydrogen-bond donors (Lipinski definition) is 0. The lowest BCUT2D eigenvalue weighted by atomic mass is 10.1. The van der Waals surface area contributed by atoms with E-state index in [9.17, 15) is 14.4 Å². The molecule has 0 N–H and O–H groups in total. The summed E-state index contributed by atoms with van der Waals surface area (Å²) >= 11 is 0. The first-order valence-corrected chi connectivity index (χ1v) is 9.81. The number of carbonyl (C=O) groups is 3. The Bertz CT molecular complexity index is 881. The van der Waals surface area contributed by atoms with Crippen LogP contribution < -0.4 is 0 Å². The topological polar surface area (TPSA) is 76.2 Å². The molecule has 30 heavy (non-hydrogen) atoms. The number of hydrogen-bond acceptors (Lipinski definition) is 5. The second kappa shape index (κ2) is 7.83. The Morgan fingerprint density at radius 2 is 1.73 bits per heavy atom. The van der Waals surface area contributed by atoms with E-state index >= 15 is 4.39 Å². The van der Waals surface area contributed by atoms with Gasteiger partial charge in [-0.1, -0.05) is 12.1 Å². The normalized spacial score (nSPS) is 20.7. The number of halogens is 1. The summed E-state index contributed by atoms with van der Waals surface area (Å²) in [5.41, 5.74) is -0.698. The third-order valence-electron chi connectivity index (χ3n) is 4.80. The number of ether oxygens (including phenoxy) is 2. The van der Waals surface area contributed by atoms with E-state index in [-0.39, 0.29) is 36.4 Å². The van der Waals surface area contributed by atoms with Crippen LogP contribution in [0, 0.1) is 0 Å². The average molecular weight is 418 g/mol. The van der Waals surface area contributed by atoms with Crippen molar-refractivity contribution in [1.82, 2.24) is 9.80 Å². The second-order valence-corrected chi connectivity index (χ2v) is 9.14. The predicted octanol–water partition coefficient (Wildman–Crippen LogP) is 3.55. The van der Waals surface area contributed by atoms with Crippen LogP contribution in [0.5, 0.6) is 0 Å². The molecule has 1 saturated heterocycles. The molecule has 0 unspecified atom stereocenters. The summed E-state index contributed by atoms with van der Waals surface area (Å²) in [4.78, 5) is 39.9. The Kier molecular flexibility index (Phi) is 5.73. The molecule has 8 heteroatoms. The summed E-state index contributed by atoms with van der Waals surface area (Å²) < 4.78 is 26.4. The highest BCUT2D eigenvalue weighted by atomic mass is 19.1. The molecule has 0 spiro atoms. The van der Waals surface area contributed by atoms with Crippen molar-refractivity contribution in [1.29, 1.82) is 0 Å². The molecule has 0 saturated carbocycles. The molecule has 1 aromatic rings. The Hall–Kier alpha value is -2.74. The predicted molar refractivity (Wildman–Crippen MR) is 108 cm³/mol. The summed E-state index contributed by atoms with van der Waals surface area (Å²) in [5.74, 6) is -1.74. The van der Waals surface area contributed by atoms with E-state index in [0.29, 0.717) is 0 Å². The SMILES string of the molecule is CC(C)(C)OC(=O)N1C/C(=C(/F)CN2C(=O)c3ccccc3C2=O)COC(C)(C)C1. The van der Waals surface area contributed by atoms with Crippen LogP contribution in [0.2, 0.25) is 0 Å². The zero-order valence-corrected chi connectivity index (χ0v) is 18.0. The average Bonchev–Trinajstić information content (AvgIpc) is 2.78. The van der Waals surface area contributed by atoms with Crippen LogP contribution in [0.1, 0.15) is 55.3 Å². The fourth-order valence-electron chi connectivity index (χ4n) is 3.37. The molecule has 0 atom stereocenters. The second-order valence-electron chi connectivity index (χ2n) is 9.14. The molecule has 2 heterocycles. The van der Waals surface area contributed by atoms with Crippen LogP contribution in [-0.2, 0) is 9.47 Å². The monoisotopic (exact) mass is 418 g/mol. The quantitative estimate of drug-likeness (QED) is 0.687. The Labute approximate surface area is 175 Å². The number of amides is 3. The van der Waals surface area contributed by atoms with E-state index in [2.05, 4.69) is 0 Å². The summed E-state index contributed by atoms with van der Waals surface area (Å²) in [6.07, 6.45) is -0.577. The maximum absolute atomic E-state index is 15.2. The highest BCUT2D eigenvalue weighted by Gasteiger charge is 2.37. The third kappa shape index (κ3) is 4.70. The molecule has 7 nitrogen and oxygen atoms in total. The molecule has 162 valence electrons. The molecular formula is C22H27FN2O5. The molecule has 0 bridgehead atoms. The van der Waals surface area contributed by atoms with Gasteiger partial charge in [0, 0.05) is 5.57 Å². The molecule has 0 aromatic heterocycles. The molecular weight excluding hydrogens is 391 g/mol. The molecule has 1 fully saturated rings. The minimum atomic E-state index is -0.714. The van der Waals surface area contributed by atoms with Crippen molar-refractivity contribution < 1.29 is 28.2 Å². The highest BCUT2D eigenvalue weighted by molar-refractivity contribution is 6.21. The lowest BCUT2D eigenvalue weighted by Gasteiger charge is -2.30. The van der Waals surface area contributed by atoms with E-state index in [4.69, 9.17) is 9.47 Å². The molecule has 3 amide bonds. The molecule has 3 rings (SSSR count). The maximum Gasteiger partial charge on any atom is 0.410 e. The van der Waals surface area contributed by atoms with E-state index < -0.39 is 41.5 Å². The smallest absolute Gasteiger partial charge is 0.410 e. The van der Waals surface area contributed by atoms with Crippen LogP contribution in [0.4, 0.5) is 9.18 Å². The van der Waals surface area contributed by atoms with Crippen LogP contribution in [0.15, 0.2) is 35.7 Å². The van der Waals surface area contributed by atoms with Gasteiger partial charge in [-0.2, -0.15) is 0 Å². The Morgan fingerprint density at radius 3 is 2.27 bits per heavy atom. The number of fused-ring (bicyclic) bond motifs is 1. The van der Waals surface area contributed by atoms with Crippen molar-refractivity contribution in [2.24, 2.45) is 0 Å². The summed E-state index contributed by atoms with van der Waals surface area (Å²) in [6, 6.07) is 6.40. The Morgan fingerprint density at radius 1 is 1.17 bits per heavy atom. The summed E-state index contributed by atoms with van der Waals surface area (Å²) in [5, 5.41) is 0. The van der Waals surface area contributed by atoms with E-state index in [0.717, 1.165) is 4.90 Å². The molecule has 0 radical (unpaired) electrons. The number of imide groups is 1. The largest absolute Gasteiger partial charge is 0.444 e. The van der Waals surface area contributed by atoms with Gasteiger partial charge < -0.3 is 14.4 Å². The van der Waals surface area contributed by atoms with Crippen LogP contribution in [-0.4, -0.2) is 65.2 Å². The van der Waals surface area contributed by atoms with Crippen LogP contribution in [0.3, 0.4) is 0 Å². The van der Waals surface area contributed by atoms with Crippen LogP contribution >= 0.6 is 0 Å². The van der Waals surface area contributed by atoms with Gasteiger partial charge in [-0.3, -0.25) is 14.5 Å². The van der Waals surface area contributed by atoms with E-state index in [1.165, 1.54) is 4.90 Å². The number of carbonyl (C=O) groups excluding carboxylic acids is 3. The van der Waals surface area contributed by atoms with Crippen molar-refractivity contribution >= 4 is 17.9 Å². The van der Waals surface area contributed by atoms with Crippen molar-refractivity contribution in [3.63, 3.8) is 0 Å². The van der Waals surface area contributed by atoms with Gasteiger partial charge in [0.05, 0.1) is 43.0 Å². The first kappa shape index (κ1) is 22.0. The maximum atomic E-state index is 15.2. The molecule has 0 aliphatic carbocycles. The lowest BCUT2D eigenvalue weighted by molar-refractivity contribution is -0.0220. The zero-order chi connectivity index (χ0) is 22.3. The lowest BCUT2D eigenvalue weighted by Crippen LogP contribution is -2.44. The molecule has 2 aliphatic rings. The van der Waals surface area contributed by atoms with Gasteiger partial charge in [-0.25, -0.2) is 9.18 Å². The third-order valence-corrected chi connectivity index (χ3v) is 4.80. The Balaban J connectivity index is 1.83. The fourth-order valence-corrected chi connectivity index (χ4v) is 3.37. The summed E-state index contributed by atoms with van der Waals surface area (Å²) in [7, 11) is 0. The molecule has 1 aromatic carbocycles. The number of rotatable bonds is 2. The van der Waals surface area contributed by atoms with Gasteiger partial charge in [0.2, 0.25) is 0 Å². The van der Waals surface area contributed by atoms with Gasteiger partial charge >= 0.3 is 6.09 Å². The van der Waals surface area contributed by atoms with Crippen LogP contribution in [0.25, 0.3) is 0 Å². The highest BCUT2D eigenvalue weighted by Crippen LogP contribution is 2.27. The van der Waals surface area contributed by atoms with E-state index in [1.807, 2.05) is 0 Å². The summed E-state index contributed by atoms with van der Waals surface area (Å²) in [6.45, 7) is 8.47. The fraction of sp³-hybridized carbons (Fsp3) is 0.500. The number of nitrogens with zero attached hydrogens (tertiary/aromatic N) is 2. The zero-order valence-electron chi connectivity index (χ0n) is 18.0. The first-order valence-electron chi connectivity index (χ1n) is 9.81. The first-order chi connectivity index (χ1) is 13.9. The minimum absolute atomic E-state index is 0.0483. The van der Waals surface area contributed by atoms with Gasteiger partial charge in [0.25, 0.3) is 11.8 Å². The van der Waals surface area contributed by atoms with E-state index in [1.54, 1.807) is 58.9 Å². The minimum Gasteiger partial charge on any atom is -0.444 e.